The molecule has 0 radical (unpaired) electrons. The lowest BCUT2D eigenvalue weighted by Gasteiger charge is -2.37. The summed E-state index contributed by atoms with van der Waals surface area (Å²) in [6, 6.07) is 12.0. The highest BCUT2D eigenvalue weighted by molar-refractivity contribution is 6.30. The summed E-state index contributed by atoms with van der Waals surface area (Å²) in [5.41, 5.74) is -0.187. The van der Waals surface area contributed by atoms with Crippen LogP contribution in [0.4, 0.5) is 9.18 Å². The molecule has 1 spiro atoms. The first-order valence-electron chi connectivity index (χ1n) is 9.91. The summed E-state index contributed by atoms with van der Waals surface area (Å²) in [6.45, 7) is 0.637. The van der Waals surface area contributed by atoms with E-state index < -0.39 is 11.6 Å². The zero-order valence-electron chi connectivity index (χ0n) is 16.6. The molecule has 1 N–H and O–H groups in total. The number of carbonyl (C=O) groups is 3. The average Bonchev–Trinajstić information content (AvgIpc) is 2.99. The highest BCUT2D eigenvalue weighted by Gasteiger charge is 2.52. The summed E-state index contributed by atoms with van der Waals surface area (Å²) in [5.74, 6) is -0.483. The summed E-state index contributed by atoms with van der Waals surface area (Å²) >= 11 is 5.89. The van der Waals surface area contributed by atoms with E-state index in [-0.39, 0.29) is 30.8 Å². The molecule has 2 aliphatic heterocycles. The zero-order chi connectivity index (χ0) is 22.0. The van der Waals surface area contributed by atoms with Crippen LogP contribution in [0.5, 0.6) is 5.75 Å². The number of nitrogens with one attached hydrogen (secondary N) is 1. The number of ether oxygens (including phenoxy) is 1. The lowest BCUT2D eigenvalue weighted by atomic mass is 9.87. The summed E-state index contributed by atoms with van der Waals surface area (Å²) in [5, 5.41) is 3.41. The normalized spacial score (nSPS) is 17.7. The van der Waals surface area contributed by atoms with Crippen molar-refractivity contribution in [3.05, 3.63) is 64.9 Å². The second-order valence-corrected chi connectivity index (χ2v) is 8.09. The number of hydrogen-bond acceptors (Lipinski definition) is 4. The van der Waals surface area contributed by atoms with Gasteiger partial charge >= 0.3 is 6.03 Å². The van der Waals surface area contributed by atoms with Gasteiger partial charge in [-0.3, -0.25) is 14.5 Å². The Bertz CT molecular complexity index is 989. The number of imide groups is 1. The minimum absolute atomic E-state index is 0.164. The van der Waals surface area contributed by atoms with Crippen LogP contribution in [0.1, 0.15) is 18.4 Å². The van der Waals surface area contributed by atoms with Crippen molar-refractivity contribution in [2.24, 2.45) is 0 Å². The molecule has 2 fully saturated rings. The minimum atomic E-state index is -0.988. The molecule has 2 saturated heterocycles. The molecule has 31 heavy (non-hydrogen) atoms. The van der Waals surface area contributed by atoms with Crippen molar-refractivity contribution >= 4 is 29.4 Å². The molecule has 4 rings (SSSR count). The van der Waals surface area contributed by atoms with Gasteiger partial charge in [0, 0.05) is 18.1 Å². The highest BCUT2D eigenvalue weighted by atomic mass is 35.5. The van der Waals surface area contributed by atoms with E-state index in [1.54, 1.807) is 29.2 Å². The second kappa shape index (κ2) is 8.55. The van der Waals surface area contributed by atoms with Gasteiger partial charge in [0.25, 0.3) is 11.8 Å². The van der Waals surface area contributed by atoms with E-state index in [1.807, 2.05) is 0 Å². The fraction of sp³-hybridized carbons (Fsp3) is 0.318. The number of amides is 4. The third-order valence-corrected chi connectivity index (χ3v) is 5.90. The molecular formula is C22H21ClFN3O4. The third kappa shape index (κ3) is 4.49. The molecule has 0 atom stereocenters. The summed E-state index contributed by atoms with van der Waals surface area (Å²) in [7, 11) is 0. The van der Waals surface area contributed by atoms with Gasteiger partial charge in [-0.05, 0) is 54.8 Å². The Morgan fingerprint density at radius 3 is 2.35 bits per heavy atom. The molecule has 2 heterocycles. The maximum atomic E-state index is 13.0. The van der Waals surface area contributed by atoms with Crippen molar-refractivity contribution in [3.63, 3.8) is 0 Å². The largest absolute Gasteiger partial charge is 0.484 e. The molecule has 9 heteroatoms. The number of carbonyl (C=O) groups excluding carboxylic acids is 3. The number of piperidine rings is 1. The lowest BCUT2D eigenvalue weighted by molar-refractivity contribution is -0.139. The second-order valence-electron chi connectivity index (χ2n) is 7.65. The van der Waals surface area contributed by atoms with Crippen molar-refractivity contribution < 1.29 is 23.5 Å². The number of benzene rings is 2. The number of halogens is 2. The summed E-state index contributed by atoms with van der Waals surface area (Å²) in [4.78, 5) is 40.8. The molecule has 2 aromatic rings. The lowest BCUT2D eigenvalue weighted by Crippen LogP contribution is -2.56. The van der Waals surface area contributed by atoms with Gasteiger partial charge in [-0.15, -0.1) is 0 Å². The molecule has 0 unspecified atom stereocenters. The van der Waals surface area contributed by atoms with E-state index in [4.69, 9.17) is 16.3 Å². The first-order chi connectivity index (χ1) is 14.9. The van der Waals surface area contributed by atoms with Crippen molar-refractivity contribution in [2.75, 3.05) is 19.7 Å². The molecule has 2 aromatic carbocycles. The molecule has 0 saturated carbocycles. The van der Waals surface area contributed by atoms with Crippen LogP contribution in [0, 0.1) is 5.82 Å². The predicted octanol–water partition coefficient (Wildman–Crippen LogP) is 2.97. The van der Waals surface area contributed by atoms with Gasteiger partial charge in [-0.1, -0.05) is 23.7 Å². The number of hydrogen-bond donors (Lipinski definition) is 1. The van der Waals surface area contributed by atoms with E-state index in [1.165, 1.54) is 29.2 Å². The highest BCUT2D eigenvalue weighted by Crippen LogP contribution is 2.30. The fourth-order valence-corrected chi connectivity index (χ4v) is 3.96. The van der Waals surface area contributed by atoms with Gasteiger partial charge in [-0.2, -0.15) is 0 Å². The summed E-state index contributed by atoms with van der Waals surface area (Å²) in [6.07, 6.45) is 0.661. The van der Waals surface area contributed by atoms with E-state index >= 15 is 0 Å². The Kier molecular flexibility index (Phi) is 5.82. The Labute approximate surface area is 183 Å². The zero-order valence-corrected chi connectivity index (χ0v) is 17.4. The molecule has 0 aliphatic carbocycles. The maximum Gasteiger partial charge on any atom is 0.325 e. The monoisotopic (exact) mass is 445 g/mol. The fourth-order valence-electron chi connectivity index (χ4n) is 3.84. The van der Waals surface area contributed by atoms with E-state index in [9.17, 15) is 18.8 Å². The third-order valence-electron chi connectivity index (χ3n) is 5.65. The van der Waals surface area contributed by atoms with Crippen molar-refractivity contribution in [1.29, 1.82) is 0 Å². The van der Waals surface area contributed by atoms with Gasteiger partial charge in [-0.25, -0.2) is 9.18 Å². The van der Waals surface area contributed by atoms with E-state index in [2.05, 4.69) is 5.32 Å². The van der Waals surface area contributed by atoms with E-state index in [0.29, 0.717) is 36.7 Å². The SMILES string of the molecule is O=C(COc1ccc(F)cc1)N1CCC2(CC1)NC(=O)N(Cc1ccc(Cl)cc1)C2=O. The van der Waals surface area contributed by atoms with Gasteiger partial charge in [0.15, 0.2) is 6.61 Å². The van der Waals surface area contributed by atoms with Gasteiger partial charge in [0.1, 0.15) is 17.1 Å². The average molecular weight is 446 g/mol. The Morgan fingerprint density at radius 1 is 1.06 bits per heavy atom. The summed E-state index contributed by atoms with van der Waals surface area (Å²) < 4.78 is 18.4. The first-order valence-corrected chi connectivity index (χ1v) is 10.3. The molecule has 2 aliphatic rings. The molecule has 162 valence electrons. The van der Waals surface area contributed by atoms with Crippen LogP contribution in [0.3, 0.4) is 0 Å². The number of urea groups is 1. The molecule has 0 bridgehead atoms. The van der Waals surface area contributed by atoms with Crippen LogP contribution < -0.4 is 10.1 Å². The number of rotatable bonds is 5. The van der Waals surface area contributed by atoms with Crippen LogP contribution in [0.15, 0.2) is 48.5 Å². The van der Waals surface area contributed by atoms with Crippen molar-refractivity contribution in [1.82, 2.24) is 15.1 Å². The Balaban J connectivity index is 1.33. The van der Waals surface area contributed by atoms with Gasteiger partial charge in [0.2, 0.25) is 0 Å². The molecule has 4 amide bonds. The van der Waals surface area contributed by atoms with Crippen LogP contribution in [0.2, 0.25) is 5.02 Å². The van der Waals surface area contributed by atoms with Crippen LogP contribution in [-0.2, 0) is 16.1 Å². The smallest absolute Gasteiger partial charge is 0.325 e. The topological polar surface area (TPSA) is 79.0 Å². The molecular weight excluding hydrogens is 425 g/mol. The van der Waals surface area contributed by atoms with Crippen LogP contribution in [0.25, 0.3) is 0 Å². The maximum absolute atomic E-state index is 13.0. The first kappa shape index (κ1) is 21.1. The quantitative estimate of drug-likeness (QED) is 0.718. The van der Waals surface area contributed by atoms with Gasteiger partial charge in [0.05, 0.1) is 6.54 Å². The van der Waals surface area contributed by atoms with E-state index in [0.717, 1.165) is 5.56 Å². The van der Waals surface area contributed by atoms with Gasteiger partial charge < -0.3 is 15.0 Å². The Morgan fingerprint density at radius 2 is 1.71 bits per heavy atom. The van der Waals surface area contributed by atoms with Crippen molar-refractivity contribution in [2.45, 2.75) is 24.9 Å². The van der Waals surface area contributed by atoms with Crippen molar-refractivity contribution in [3.8, 4) is 5.75 Å². The van der Waals surface area contributed by atoms with Crippen LogP contribution in [-0.4, -0.2) is 52.9 Å². The molecule has 7 nitrogen and oxygen atoms in total. The van der Waals surface area contributed by atoms with Crippen LogP contribution >= 0.6 is 11.6 Å². The Hall–Kier alpha value is -3.13. The standard InChI is InChI=1S/C22H21ClFN3O4/c23-16-3-1-15(2-4-16)13-27-20(29)22(25-21(27)30)9-11-26(12-10-22)19(28)14-31-18-7-5-17(24)6-8-18/h1-8H,9-14H2,(H,25,30). The number of nitrogens with zero attached hydrogens (tertiary/aromatic N) is 2. The molecule has 0 aromatic heterocycles. The number of likely N-dealkylation sites (tertiary alicyclic amines) is 1. The predicted molar refractivity (Wildman–Crippen MR) is 111 cm³/mol. The minimum Gasteiger partial charge on any atom is -0.484 e.